The molecular weight excluding hydrogens is 386 g/mol. The lowest BCUT2D eigenvalue weighted by Crippen LogP contribution is -3.09. The number of thiophene rings is 2. The van der Waals surface area contributed by atoms with Crippen molar-refractivity contribution in [2.45, 2.75) is 38.8 Å². The molecule has 1 unspecified atom stereocenters. The molecular formula is C19H21ClN3OS2+. The highest BCUT2D eigenvalue weighted by atomic mass is 35.5. The molecule has 0 fully saturated rings. The molecule has 0 spiro atoms. The van der Waals surface area contributed by atoms with E-state index in [0.717, 1.165) is 46.3 Å². The van der Waals surface area contributed by atoms with Crippen LogP contribution in [0.2, 0.25) is 4.34 Å². The van der Waals surface area contributed by atoms with Crippen molar-refractivity contribution in [3.63, 3.8) is 0 Å². The summed E-state index contributed by atoms with van der Waals surface area (Å²) >= 11 is 9.34. The number of hydrogen-bond donors (Lipinski definition) is 2. The minimum Gasteiger partial charge on any atom is -0.321 e. The summed E-state index contributed by atoms with van der Waals surface area (Å²) < 4.78 is 0.801. The van der Waals surface area contributed by atoms with Gasteiger partial charge in [-0.05, 0) is 49.5 Å². The Balaban J connectivity index is 1.62. The lowest BCUT2D eigenvalue weighted by atomic mass is 9.97. The summed E-state index contributed by atoms with van der Waals surface area (Å²) in [5.41, 5.74) is 1.25. The average molecular weight is 407 g/mol. The Bertz CT molecular complexity index is 1000. The van der Waals surface area contributed by atoms with Crippen LogP contribution in [0.15, 0.2) is 29.6 Å². The first kappa shape index (κ1) is 17.9. The van der Waals surface area contributed by atoms with E-state index in [1.807, 2.05) is 12.1 Å². The van der Waals surface area contributed by atoms with Gasteiger partial charge in [-0.15, -0.1) is 22.7 Å². The van der Waals surface area contributed by atoms with Crippen LogP contribution in [0.25, 0.3) is 10.2 Å². The number of aromatic nitrogens is 2. The number of H-pyrrole nitrogens is 1. The third-order valence-electron chi connectivity index (χ3n) is 4.78. The first-order chi connectivity index (χ1) is 12.6. The number of nitrogens with zero attached hydrogens (tertiary/aromatic N) is 1. The molecule has 3 aromatic heterocycles. The van der Waals surface area contributed by atoms with E-state index in [4.69, 9.17) is 16.6 Å². The van der Waals surface area contributed by atoms with Crippen molar-refractivity contribution < 1.29 is 4.90 Å². The largest absolute Gasteiger partial charge is 0.321 e. The summed E-state index contributed by atoms with van der Waals surface area (Å²) in [5.74, 6) is 0.751. The van der Waals surface area contributed by atoms with Gasteiger partial charge in [-0.2, -0.15) is 0 Å². The van der Waals surface area contributed by atoms with Gasteiger partial charge in [-0.3, -0.25) is 4.79 Å². The van der Waals surface area contributed by atoms with Gasteiger partial charge >= 0.3 is 0 Å². The van der Waals surface area contributed by atoms with Gasteiger partial charge in [0.05, 0.1) is 21.1 Å². The number of halogens is 1. The highest BCUT2D eigenvalue weighted by molar-refractivity contribution is 7.18. The van der Waals surface area contributed by atoms with Crippen LogP contribution in [0.4, 0.5) is 0 Å². The molecule has 136 valence electrons. The molecule has 0 saturated carbocycles. The predicted octanol–water partition coefficient (Wildman–Crippen LogP) is 3.35. The van der Waals surface area contributed by atoms with Crippen molar-refractivity contribution in [3.8, 4) is 0 Å². The maximum Gasteiger partial charge on any atom is 0.260 e. The minimum absolute atomic E-state index is 0.0153. The van der Waals surface area contributed by atoms with Crippen LogP contribution in [-0.4, -0.2) is 16.5 Å². The zero-order valence-corrected chi connectivity index (χ0v) is 16.8. The normalized spacial score (nSPS) is 15.1. The zero-order valence-electron chi connectivity index (χ0n) is 14.4. The Morgan fingerprint density at radius 1 is 1.27 bits per heavy atom. The number of quaternary nitrogens is 1. The molecule has 4 rings (SSSR count). The van der Waals surface area contributed by atoms with Gasteiger partial charge in [0.25, 0.3) is 5.56 Å². The van der Waals surface area contributed by atoms with Gasteiger partial charge in [0.1, 0.15) is 17.9 Å². The fraction of sp³-hybridized carbons (Fsp3) is 0.368. The molecule has 7 heteroatoms. The van der Waals surface area contributed by atoms with Gasteiger partial charge in [-0.1, -0.05) is 18.2 Å². The smallest absolute Gasteiger partial charge is 0.260 e. The van der Waals surface area contributed by atoms with Gasteiger partial charge in [0, 0.05) is 4.88 Å². The summed E-state index contributed by atoms with van der Waals surface area (Å²) in [7, 11) is 0. The number of rotatable bonds is 6. The number of aryl methyl sites for hydroxylation is 2. The van der Waals surface area contributed by atoms with Crippen molar-refractivity contribution in [1.29, 1.82) is 0 Å². The Morgan fingerprint density at radius 3 is 2.88 bits per heavy atom. The topological polar surface area (TPSA) is 50.2 Å². The quantitative estimate of drug-likeness (QED) is 0.617. The maximum atomic E-state index is 12.7. The van der Waals surface area contributed by atoms with Crippen molar-refractivity contribution in [1.82, 2.24) is 9.97 Å². The molecule has 1 atom stereocenters. The van der Waals surface area contributed by atoms with Crippen LogP contribution in [0.1, 0.15) is 34.0 Å². The zero-order chi connectivity index (χ0) is 18.1. The lowest BCUT2D eigenvalue weighted by molar-refractivity contribution is -0.922. The van der Waals surface area contributed by atoms with E-state index < -0.39 is 0 Å². The monoisotopic (exact) mass is 406 g/mol. The number of hydrogen-bond acceptors (Lipinski definition) is 4. The number of fused-ring (bicyclic) bond motifs is 3. The van der Waals surface area contributed by atoms with E-state index >= 15 is 0 Å². The first-order valence-electron chi connectivity index (χ1n) is 8.86. The highest BCUT2D eigenvalue weighted by Gasteiger charge is 2.21. The van der Waals surface area contributed by atoms with E-state index in [2.05, 4.69) is 17.6 Å². The molecule has 0 bridgehead atoms. The Hall–Kier alpha value is -1.47. The molecule has 1 aliphatic carbocycles. The van der Waals surface area contributed by atoms with Gasteiger partial charge in [-0.25, -0.2) is 4.98 Å². The van der Waals surface area contributed by atoms with Crippen molar-refractivity contribution >= 4 is 44.5 Å². The molecule has 2 N–H and O–H groups in total. The van der Waals surface area contributed by atoms with E-state index in [1.165, 1.54) is 33.1 Å². The number of nitrogens with one attached hydrogen (secondary N) is 2. The third-order valence-corrected chi connectivity index (χ3v) is 7.19. The highest BCUT2D eigenvalue weighted by Crippen LogP contribution is 2.33. The molecule has 0 aliphatic heterocycles. The van der Waals surface area contributed by atoms with Gasteiger partial charge in [0.15, 0.2) is 5.82 Å². The second kappa shape index (κ2) is 7.64. The Labute approximate surface area is 165 Å². The van der Waals surface area contributed by atoms with Crippen LogP contribution in [0, 0.1) is 0 Å². The van der Waals surface area contributed by atoms with Gasteiger partial charge < -0.3 is 9.88 Å². The maximum absolute atomic E-state index is 12.7. The summed E-state index contributed by atoms with van der Waals surface area (Å²) in [5, 5.41) is 0.823. The fourth-order valence-corrected chi connectivity index (χ4v) is 6.07. The molecule has 0 radical (unpaired) electrons. The first-order valence-corrected chi connectivity index (χ1v) is 10.9. The lowest BCUT2D eigenvalue weighted by Gasteiger charge is -2.16. The molecule has 3 aromatic rings. The summed E-state index contributed by atoms with van der Waals surface area (Å²) in [6, 6.07) is 3.98. The second-order valence-corrected chi connectivity index (χ2v) is 9.59. The van der Waals surface area contributed by atoms with E-state index in [0.29, 0.717) is 6.54 Å². The van der Waals surface area contributed by atoms with E-state index in [9.17, 15) is 4.79 Å². The van der Waals surface area contributed by atoms with Crippen molar-refractivity contribution in [2.75, 3.05) is 6.54 Å². The molecule has 0 saturated heterocycles. The van der Waals surface area contributed by atoms with Crippen molar-refractivity contribution in [2.24, 2.45) is 0 Å². The predicted molar refractivity (Wildman–Crippen MR) is 110 cm³/mol. The molecule has 0 amide bonds. The molecule has 3 heterocycles. The third kappa shape index (κ3) is 3.64. The Morgan fingerprint density at radius 2 is 2.12 bits per heavy atom. The van der Waals surface area contributed by atoms with Crippen LogP contribution in [0.5, 0.6) is 0 Å². The van der Waals surface area contributed by atoms with E-state index in [1.54, 1.807) is 22.7 Å². The van der Waals surface area contributed by atoms with Crippen LogP contribution in [0.3, 0.4) is 0 Å². The number of aromatic amines is 1. The molecule has 26 heavy (non-hydrogen) atoms. The van der Waals surface area contributed by atoms with Crippen LogP contribution in [-0.2, 0) is 25.9 Å². The summed E-state index contributed by atoms with van der Waals surface area (Å²) in [4.78, 5) is 25.3. The standard InChI is InChI=1S/C19H20ClN3OS2/c1-2-9-23(10-12-7-8-15(20)25-12)11-16-21-18(24)17-13-5-3-4-6-14(13)26-19(17)22-16/h2,7-8H,1,3-6,9-11H2,(H,21,22,24)/p+1. The van der Waals surface area contributed by atoms with Crippen LogP contribution >= 0.6 is 34.3 Å². The molecule has 4 nitrogen and oxygen atoms in total. The fourth-order valence-electron chi connectivity index (χ4n) is 3.63. The minimum atomic E-state index is 0.0153. The second-order valence-electron chi connectivity index (χ2n) is 6.71. The molecule has 0 aromatic carbocycles. The molecule has 1 aliphatic rings. The Kier molecular flexibility index (Phi) is 5.27. The average Bonchev–Trinajstić information content (AvgIpc) is 3.18. The van der Waals surface area contributed by atoms with Crippen LogP contribution < -0.4 is 10.5 Å². The SMILES string of the molecule is C=CC[NH+](Cc1nc2sc3c(c2c(=O)[nH]1)CCCC3)Cc1ccc(Cl)s1. The van der Waals surface area contributed by atoms with E-state index in [-0.39, 0.29) is 5.56 Å². The summed E-state index contributed by atoms with van der Waals surface area (Å²) in [6.07, 6.45) is 6.38. The van der Waals surface area contributed by atoms with Gasteiger partial charge in [0.2, 0.25) is 0 Å². The summed E-state index contributed by atoms with van der Waals surface area (Å²) in [6.45, 7) is 6.17. The van der Waals surface area contributed by atoms with Crippen molar-refractivity contribution in [3.05, 3.63) is 60.6 Å².